The summed E-state index contributed by atoms with van der Waals surface area (Å²) in [7, 11) is 0. The molecule has 0 radical (unpaired) electrons. The van der Waals surface area contributed by atoms with Crippen LogP contribution >= 0.6 is 11.6 Å². The molecule has 0 bridgehead atoms. The Hall–Kier alpha value is -1.02. The first-order valence-corrected chi connectivity index (χ1v) is 7.37. The summed E-state index contributed by atoms with van der Waals surface area (Å²) in [5.74, 6) is 1.33. The lowest BCUT2D eigenvalue weighted by atomic mass is 10.0. The van der Waals surface area contributed by atoms with Gasteiger partial charge >= 0.3 is 0 Å². The Labute approximate surface area is 121 Å². The molecule has 0 aliphatic heterocycles. The van der Waals surface area contributed by atoms with E-state index >= 15 is 0 Å². The van der Waals surface area contributed by atoms with Crippen LogP contribution in [0.4, 0.5) is 0 Å². The van der Waals surface area contributed by atoms with Crippen LogP contribution in [-0.2, 0) is 0 Å². The van der Waals surface area contributed by atoms with Gasteiger partial charge in [0.2, 0.25) is 0 Å². The summed E-state index contributed by atoms with van der Waals surface area (Å²) in [6.45, 7) is 6.57. The summed E-state index contributed by atoms with van der Waals surface area (Å²) in [6, 6.07) is 7.10. The van der Waals surface area contributed by atoms with Crippen molar-refractivity contribution in [1.29, 1.82) is 0 Å². The Balaban J connectivity index is 2.71. The fraction of sp³-hybridized carbons (Fsp3) is 0.562. The van der Waals surface area contributed by atoms with Gasteiger partial charge in [0.25, 0.3) is 5.24 Å². The summed E-state index contributed by atoms with van der Waals surface area (Å²) >= 11 is 5.49. The first kappa shape index (κ1) is 16.0. The van der Waals surface area contributed by atoms with Crippen LogP contribution in [0.5, 0.6) is 5.75 Å². The molecule has 0 aromatic heterocycles. The van der Waals surface area contributed by atoms with Crippen molar-refractivity contribution in [2.24, 2.45) is 5.92 Å². The quantitative estimate of drug-likeness (QED) is 0.624. The number of hydrogen-bond donors (Lipinski definition) is 0. The van der Waals surface area contributed by atoms with Gasteiger partial charge in [-0.3, -0.25) is 4.79 Å². The second-order valence-electron chi connectivity index (χ2n) is 5.31. The monoisotopic (exact) mass is 282 g/mol. The number of benzene rings is 1. The molecule has 0 aliphatic carbocycles. The molecule has 19 heavy (non-hydrogen) atoms. The number of carbonyl (C=O) groups excluding carboxylic acids is 1. The predicted molar refractivity (Wildman–Crippen MR) is 80.0 cm³/mol. The highest BCUT2D eigenvalue weighted by Gasteiger charge is 2.13. The molecule has 2 nitrogen and oxygen atoms in total. The van der Waals surface area contributed by atoms with Crippen LogP contribution in [0.15, 0.2) is 24.3 Å². The number of ether oxygens (including phenoxy) is 1. The molecule has 0 spiro atoms. The highest BCUT2D eigenvalue weighted by atomic mass is 35.5. The smallest absolute Gasteiger partial charge is 0.252 e. The molecular formula is C16H23ClO2. The van der Waals surface area contributed by atoms with E-state index in [9.17, 15) is 4.79 Å². The van der Waals surface area contributed by atoms with E-state index in [0.717, 1.165) is 31.4 Å². The molecule has 106 valence electrons. The molecule has 0 aliphatic rings. The highest BCUT2D eigenvalue weighted by molar-refractivity contribution is 6.67. The number of halogens is 1. The summed E-state index contributed by atoms with van der Waals surface area (Å²) in [6.07, 6.45) is 4.61. The molecule has 0 saturated carbocycles. The Bertz CT molecular complexity index is 401. The van der Waals surface area contributed by atoms with E-state index in [4.69, 9.17) is 16.3 Å². The highest BCUT2D eigenvalue weighted by Crippen LogP contribution is 2.21. The normalized spacial score (nSPS) is 12.5. The number of unbranched alkanes of at least 4 members (excludes halogenated alkanes) is 1. The maximum atomic E-state index is 11.1. The van der Waals surface area contributed by atoms with Gasteiger partial charge in [-0.2, -0.15) is 0 Å². The number of hydrogen-bond acceptors (Lipinski definition) is 2. The van der Waals surface area contributed by atoms with E-state index in [1.54, 1.807) is 18.2 Å². The van der Waals surface area contributed by atoms with Gasteiger partial charge in [0, 0.05) is 5.56 Å². The summed E-state index contributed by atoms with van der Waals surface area (Å²) in [5, 5.41) is -0.445. The van der Waals surface area contributed by atoms with Crippen molar-refractivity contribution >= 4 is 16.8 Å². The maximum absolute atomic E-state index is 11.1. The van der Waals surface area contributed by atoms with Gasteiger partial charge in [0.15, 0.2) is 0 Å². The van der Waals surface area contributed by atoms with Crippen LogP contribution in [0.3, 0.4) is 0 Å². The fourth-order valence-electron chi connectivity index (χ4n) is 2.07. The Morgan fingerprint density at radius 2 is 2.11 bits per heavy atom. The molecule has 0 amide bonds. The average molecular weight is 283 g/mol. The fourth-order valence-corrected chi connectivity index (χ4v) is 2.18. The third-order valence-electron chi connectivity index (χ3n) is 2.98. The minimum atomic E-state index is -0.445. The van der Waals surface area contributed by atoms with Crippen molar-refractivity contribution in [3.05, 3.63) is 29.8 Å². The minimum absolute atomic E-state index is 0.209. The van der Waals surface area contributed by atoms with Crippen molar-refractivity contribution in [2.75, 3.05) is 0 Å². The molecule has 3 heteroatoms. The van der Waals surface area contributed by atoms with Crippen molar-refractivity contribution in [2.45, 2.75) is 52.6 Å². The van der Waals surface area contributed by atoms with E-state index in [-0.39, 0.29) is 6.10 Å². The molecule has 1 aromatic rings. The molecule has 0 fully saturated rings. The molecule has 1 unspecified atom stereocenters. The van der Waals surface area contributed by atoms with Gasteiger partial charge < -0.3 is 4.74 Å². The minimum Gasteiger partial charge on any atom is -0.490 e. The number of carbonyl (C=O) groups is 1. The van der Waals surface area contributed by atoms with Crippen molar-refractivity contribution in [3.8, 4) is 5.75 Å². The van der Waals surface area contributed by atoms with E-state index in [1.165, 1.54) is 0 Å². The molecular weight excluding hydrogens is 260 g/mol. The molecule has 0 N–H and O–H groups in total. The van der Waals surface area contributed by atoms with Crippen LogP contribution in [0.25, 0.3) is 0 Å². The van der Waals surface area contributed by atoms with Gasteiger partial charge in [-0.25, -0.2) is 0 Å². The zero-order valence-electron chi connectivity index (χ0n) is 12.0. The van der Waals surface area contributed by atoms with Gasteiger partial charge in [-0.05, 0) is 48.6 Å². The van der Waals surface area contributed by atoms with Crippen LogP contribution in [0.2, 0.25) is 0 Å². The van der Waals surface area contributed by atoms with Gasteiger partial charge in [-0.1, -0.05) is 39.7 Å². The first-order chi connectivity index (χ1) is 9.02. The topological polar surface area (TPSA) is 26.3 Å². The molecule has 0 saturated heterocycles. The van der Waals surface area contributed by atoms with Crippen LogP contribution in [-0.4, -0.2) is 11.3 Å². The van der Waals surface area contributed by atoms with E-state index < -0.39 is 5.24 Å². The summed E-state index contributed by atoms with van der Waals surface area (Å²) < 4.78 is 6.01. The Kier molecular flexibility index (Phi) is 6.93. The third-order valence-corrected chi connectivity index (χ3v) is 3.20. The van der Waals surface area contributed by atoms with Crippen molar-refractivity contribution in [3.63, 3.8) is 0 Å². The van der Waals surface area contributed by atoms with Crippen LogP contribution in [0, 0.1) is 5.92 Å². The van der Waals surface area contributed by atoms with Gasteiger partial charge in [-0.15, -0.1) is 0 Å². The predicted octanol–water partition coefficient (Wildman–Crippen LogP) is 5.05. The lowest BCUT2D eigenvalue weighted by Gasteiger charge is -2.21. The third kappa shape index (κ3) is 6.11. The zero-order valence-corrected chi connectivity index (χ0v) is 12.7. The van der Waals surface area contributed by atoms with Gasteiger partial charge in [0.1, 0.15) is 5.75 Å². The van der Waals surface area contributed by atoms with E-state index in [0.29, 0.717) is 11.5 Å². The molecule has 0 heterocycles. The average Bonchev–Trinajstić information content (AvgIpc) is 2.35. The molecule has 1 atom stereocenters. The first-order valence-electron chi connectivity index (χ1n) is 6.99. The SMILES string of the molecule is CCCCC(CC(C)C)Oc1cccc(C(=O)Cl)c1. The van der Waals surface area contributed by atoms with Crippen molar-refractivity contribution < 1.29 is 9.53 Å². The lowest BCUT2D eigenvalue weighted by molar-refractivity contribution is 0.108. The zero-order chi connectivity index (χ0) is 14.3. The summed E-state index contributed by atoms with van der Waals surface area (Å²) in [5.41, 5.74) is 0.484. The van der Waals surface area contributed by atoms with Crippen LogP contribution < -0.4 is 4.74 Å². The van der Waals surface area contributed by atoms with Crippen molar-refractivity contribution in [1.82, 2.24) is 0 Å². The maximum Gasteiger partial charge on any atom is 0.252 e. The van der Waals surface area contributed by atoms with E-state index in [2.05, 4.69) is 20.8 Å². The molecule has 1 rings (SSSR count). The lowest BCUT2D eigenvalue weighted by Crippen LogP contribution is -2.19. The standard InChI is InChI=1S/C16H23ClO2/c1-4-5-8-14(10-12(2)3)19-15-9-6-7-13(11-15)16(17)18/h6-7,9,11-12,14H,4-5,8,10H2,1-3H3. The van der Waals surface area contributed by atoms with E-state index in [1.807, 2.05) is 6.07 Å². The largest absolute Gasteiger partial charge is 0.490 e. The second kappa shape index (κ2) is 8.21. The number of rotatable bonds is 8. The molecule has 1 aromatic carbocycles. The Morgan fingerprint density at radius 3 is 2.68 bits per heavy atom. The Morgan fingerprint density at radius 1 is 1.37 bits per heavy atom. The second-order valence-corrected chi connectivity index (χ2v) is 5.66. The summed E-state index contributed by atoms with van der Waals surface area (Å²) in [4.78, 5) is 11.1. The van der Waals surface area contributed by atoms with Gasteiger partial charge in [0.05, 0.1) is 6.10 Å². The van der Waals surface area contributed by atoms with Crippen LogP contribution in [0.1, 0.15) is 56.8 Å².